The Labute approximate surface area is 144 Å². The van der Waals surface area contributed by atoms with Gasteiger partial charge in [-0.1, -0.05) is 30.3 Å². The molecule has 0 saturated carbocycles. The average Bonchev–Trinajstić information content (AvgIpc) is 3.00. The van der Waals surface area contributed by atoms with E-state index in [4.69, 9.17) is 4.74 Å². The summed E-state index contributed by atoms with van der Waals surface area (Å²) >= 11 is 0. The molecule has 0 aliphatic heterocycles. The highest BCUT2D eigenvalue weighted by atomic mass is 16.5. The number of hydrogen-bond acceptors (Lipinski definition) is 3. The number of benzene rings is 3. The SMILES string of the molecule is CCOc1ccc2ccccc2c1CNc1ccc2[nH]c(=O)[nH]c2c1. The van der Waals surface area contributed by atoms with Crippen molar-refractivity contribution in [3.63, 3.8) is 0 Å². The van der Waals surface area contributed by atoms with E-state index in [1.807, 2.05) is 43.3 Å². The molecule has 5 heteroatoms. The van der Waals surface area contributed by atoms with Crippen molar-refractivity contribution in [2.75, 3.05) is 11.9 Å². The van der Waals surface area contributed by atoms with Crippen LogP contribution in [-0.4, -0.2) is 16.6 Å². The quantitative estimate of drug-likeness (QED) is 0.516. The summed E-state index contributed by atoms with van der Waals surface area (Å²) in [6.07, 6.45) is 0. The van der Waals surface area contributed by atoms with Crippen LogP contribution < -0.4 is 15.7 Å². The molecule has 25 heavy (non-hydrogen) atoms. The minimum atomic E-state index is -0.195. The number of H-pyrrole nitrogens is 2. The van der Waals surface area contributed by atoms with Crippen LogP contribution in [0.2, 0.25) is 0 Å². The van der Waals surface area contributed by atoms with E-state index in [1.54, 1.807) is 0 Å². The van der Waals surface area contributed by atoms with Crippen LogP contribution in [-0.2, 0) is 6.54 Å². The lowest BCUT2D eigenvalue weighted by Crippen LogP contribution is -2.04. The molecule has 3 N–H and O–H groups in total. The summed E-state index contributed by atoms with van der Waals surface area (Å²) < 4.78 is 5.81. The summed E-state index contributed by atoms with van der Waals surface area (Å²) in [5.41, 5.74) is 3.47. The fourth-order valence-corrected chi connectivity index (χ4v) is 3.12. The van der Waals surface area contributed by atoms with Gasteiger partial charge in [0.1, 0.15) is 5.75 Å². The normalized spacial score (nSPS) is 11.1. The maximum atomic E-state index is 11.4. The van der Waals surface area contributed by atoms with Gasteiger partial charge in [-0.15, -0.1) is 0 Å². The topological polar surface area (TPSA) is 69.9 Å². The number of rotatable bonds is 5. The van der Waals surface area contributed by atoms with Crippen LogP contribution in [0, 0.1) is 0 Å². The van der Waals surface area contributed by atoms with E-state index >= 15 is 0 Å². The monoisotopic (exact) mass is 333 g/mol. The van der Waals surface area contributed by atoms with E-state index in [-0.39, 0.29) is 5.69 Å². The third-order valence-corrected chi connectivity index (χ3v) is 4.28. The average molecular weight is 333 g/mol. The zero-order valence-electron chi connectivity index (χ0n) is 13.9. The first-order chi connectivity index (χ1) is 12.2. The van der Waals surface area contributed by atoms with Crippen LogP contribution in [0.3, 0.4) is 0 Å². The Morgan fingerprint density at radius 1 is 1.00 bits per heavy atom. The predicted molar refractivity (Wildman–Crippen MR) is 101 cm³/mol. The number of aromatic nitrogens is 2. The van der Waals surface area contributed by atoms with Gasteiger partial charge in [0.25, 0.3) is 0 Å². The molecule has 0 spiro atoms. The second-order valence-electron chi connectivity index (χ2n) is 5.89. The number of imidazole rings is 1. The maximum absolute atomic E-state index is 11.4. The van der Waals surface area contributed by atoms with Gasteiger partial charge in [0.15, 0.2) is 0 Å². The van der Waals surface area contributed by atoms with Gasteiger partial charge >= 0.3 is 5.69 Å². The molecule has 0 aliphatic carbocycles. The molecule has 5 nitrogen and oxygen atoms in total. The molecule has 0 amide bonds. The molecule has 1 aromatic heterocycles. The fourth-order valence-electron chi connectivity index (χ4n) is 3.12. The largest absolute Gasteiger partial charge is 0.494 e. The molecule has 4 aromatic rings. The fraction of sp³-hybridized carbons (Fsp3) is 0.150. The van der Waals surface area contributed by atoms with Gasteiger partial charge in [-0.05, 0) is 42.0 Å². The summed E-state index contributed by atoms with van der Waals surface area (Å²) in [5, 5.41) is 5.80. The second-order valence-corrected chi connectivity index (χ2v) is 5.89. The molecule has 0 unspecified atom stereocenters. The summed E-state index contributed by atoms with van der Waals surface area (Å²) in [5.74, 6) is 0.893. The number of hydrogen-bond donors (Lipinski definition) is 3. The molecule has 0 saturated heterocycles. The Hall–Kier alpha value is -3.21. The van der Waals surface area contributed by atoms with Crippen molar-refractivity contribution >= 4 is 27.5 Å². The molecule has 0 fully saturated rings. The van der Waals surface area contributed by atoms with E-state index in [0.717, 1.165) is 28.0 Å². The van der Waals surface area contributed by atoms with Crippen LogP contribution in [0.15, 0.2) is 59.4 Å². The van der Waals surface area contributed by atoms with Crippen LogP contribution in [0.25, 0.3) is 21.8 Å². The van der Waals surface area contributed by atoms with Gasteiger partial charge < -0.3 is 20.0 Å². The van der Waals surface area contributed by atoms with Crippen molar-refractivity contribution in [2.45, 2.75) is 13.5 Å². The molecular formula is C20H19N3O2. The number of aromatic amines is 2. The minimum Gasteiger partial charge on any atom is -0.494 e. The summed E-state index contributed by atoms with van der Waals surface area (Å²) in [6, 6.07) is 18.2. The summed E-state index contributed by atoms with van der Waals surface area (Å²) in [7, 11) is 0. The van der Waals surface area contributed by atoms with E-state index in [1.165, 1.54) is 10.8 Å². The standard InChI is InChI=1S/C20H19N3O2/c1-2-25-19-10-7-13-5-3-4-6-15(13)16(19)12-21-14-8-9-17-18(11-14)23-20(24)22-17/h3-11,21H,2,12H2,1H3,(H2,22,23,24). The minimum absolute atomic E-state index is 0.195. The lowest BCUT2D eigenvalue weighted by molar-refractivity contribution is 0.337. The molecule has 0 atom stereocenters. The van der Waals surface area contributed by atoms with Gasteiger partial charge in [0, 0.05) is 17.8 Å². The van der Waals surface area contributed by atoms with E-state index in [2.05, 4.69) is 33.5 Å². The highest BCUT2D eigenvalue weighted by Crippen LogP contribution is 2.29. The van der Waals surface area contributed by atoms with Crippen LogP contribution in [0.1, 0.15) is 12.5 Å². The Balaban J connectivity index is 1.68. The summed E-state index contributed by atoms with van der Waals surface area (Å²) in [4.78, 5) is 16.9. The molecule has 0 aliphatic rings. The highest BCUT2D eigenvalue weighted by molar-refractivity contribution is 5.88. The van der Waals surface area contributed by atoms with Crippen molar-refractivity contribution in [3.8, 4) is 5.75 Å². The van der Waals surface area contributed by atoms with Gasteiger partial charge in [0.05, 0.1) is 17.6 Å². The first-order valence-electron chi connectivity index (χ1n) is 8.34. The third-order valence-electron chi connectivity index (χ3n) is 4.28. The Morgan fingerprint density at radius 2 is 1.84 bits per heavy atom. The van der Waals surface area contributed by atoms with Gasteiger partial charge in [0.2, 0.25) is 0 Å². The number of nitrogens with one attached hydrogen (secondary N) is 3. The van der Waals surface area contributed by atoms with Crippen LogP contribution in [0.4, 0.5) is 5.69 Å². The molecule has 0 radical (unpaired) electrons. The van der Waals surface area contributed by atoms with Gasteiger partial charge in [-0.3, -0.25) is 0 Å². The van der Waals surface area contributed by atoms with Gasteiger partial charge in [-0.2, -0.15) is 0 Å². The van der Waals surface area contributed by atoms with Crippen LogP contribution in [0.5, 0.6) is 5.75 Å². The Kier molecular flexibility index (Phi) is 3.90. The molecule has 3 aromatic carbocycles. The number of anilines is 1. The van der Waals surface area contributed by atoms with Crippen molar-refractivity contribution in [3.05, 3.63) is 70.6 Å². The van der Waals surface area contributed by atoms with E-state index < -0.39 is 0 Å². The smallest absolute Gasteiger partial charge is 0.323 e. The van der Waals surface area contributed by atoms with E-state index in [0.29, 0.717) is 13.2 Å². The van der Waals surface area contributed by atoms with E-state index in [9.17, 15) is 4.79 Å². The summed E-state index contributed by atoms with van der Waals surface area (Å²) in [6.45, 7) is 3.25. The Morgan fingerprint density at radius 3 is 2.72 bits per heavy atom. The zero-order valence-corrected chi connectivity index (χ0v) is 13.9. The first-order valence-corrected chi connectivity index (χ1v) is 8.34. The Bertz CT molecular complexity index is 1090. The predicted octanol–water partition coefficient (Wildman–Crippen LogP) is 4.02. The van der Waals surface area contributed by atoms with Crippen molar-refractivity contribution in [2.24, 2.45) is 0 Å². The van der Waals surface area contributed by atoms with Crippen molar-refractivity contribution in [1.82, 2.24) is 9.97 Å². The molecule has 1 heterocycles. The van der Waals surface area contributed by atoms with Crippen molar-refractivity contribution in [1.29, 1.82) is 0 Å². The molecule has 4 rings (SSSR count). The zero-order chi connectivity index (χ0) is 17.2. The lowest BCUT2D eigenvalue weighted by atomic mass is 10.0. The molecular weight excluding hydrogens is 314 g/mol. The van der Waals surface area contributed by atoms with Gasteiger partial charge in [-0.25, -0.2) is 4.79 Å². The third kappa shape index (κ3) is 2.96. The molecule has 0 bridgehead atoms. The maximum Gasteiger partial charge on any atom is 0.323 e. The number of fused-ring (bicyclic) bond motifs is 2. The van der Waals surface area contributed by atoms with Crippen LogP contribution >= 0.6 is 0 Å². The van der Waals surface area contributed by atoms with Crippen molar-refractivity contribution < 1.29 is 4.74 Å². The number of ether oxygens (including phenoxy) is 1. The second kappa shape index (κ2) is 6.36. The molecule has 126 valence electrons. The first kappa shape index (κ1) is 15.3. The lowest BCUT2D eigenvalue weighted by Gasteiger charge is -2.15. The highest BCUT2D eigenvalue weighted by Gasteiger charge is 2.09.